The van der Waals surface area contributed by atoms with E-state index < -0.39 is 0 Å². The SMILES string of the molecule is CCOCc1ccccc1CNC(=NC)NC1CCN(C(C)C)CC1. The summed E-state index contributed by atoms with van der Waals surface area (Å²) >= 11 is 0. The number of guanidine groups is 1. The number of nitrogens with zero attached hydrogens (tertiary/aromatic N) is 2. The number of likely N-dealkylation sites (tertiary alicyclic amines) is 1. The number of aliphatic imine (C=N–C) groups is 1. The molecule has 5 heteroatoms. The molecule has 2 rings (SSSR count). The summed E-state index contributed by atoms with van der Waals surface area (Å²) in [6, 6.07) is 9.55. The van der Waals surface area contributed by atoms with Crippen LogP contribution in [0.1, 0.15) is 44.7 Å². The zero-order chi connectivity index (χ0) is 18.1. The molecule has 1 aromatic carbocycles. The Kier molecular flexibility index (Phi) is 8.22. The molecule has 0 aromatic heterocycles. The first kappa shape index (κ1) is 19.7. The molecular formula is C20H34N4O. The van der Waals surface area contributed by atoms with E-state index in [1.807, 2.05) is 14.0 Å². The molecule has 1 aliphatic rings. The van der Waals surface area contributed by atoms with E-state index in [0.29, 0.717) is 18.7 Å². The normalized spacial score (nSPS) is 17.1. The Labute approximate surface area is 152 Å². The van der Waals surface area contributed by atoms with Crippen LogP contribution in [0.2, 0.25) is 0 Å². The lowest BCUT2D eigenvalue weighted by Crippen LogP contribution is -2.49. The van der Waals surface area contributed by atoms with E-state index in [9.17, 15) is 0 Å². The Balaban J connectivity index is 1.83. The zero-order valence-electron chi connectivity index (χ0n) is 16.2. The van der Waals surface area contributed by atoms with E-state index in [4.69, 9.17) is 4.74 Å². The Bertz CT molecular complexity index is 536. The molecule has 1 fully saturated rings. The Morgan fingerprint density at radius 3 is 2.52 bits per heavy atom. The number of hydrogen-bond acceptors (Lipinski definition) is 3. The van der Waals surface area contributed by atoms with Crippen molar-refractivity contribution in [2.45, 2.75) is 58.8 Å². The molecule has 5 nitrogen and oxygen atoms in total. The van der Waals surface area contributed by atoms with Crippen LogP contribution in [-0.4, -0.2) is 49.7 Å². The highest BCUT2D eigenvalue weighted by Crippen LogP contribution is 2.13. The van der Waals surface area contributed by atoms with E-state index in [2.05, 4.69) is 58.6 Å². The van der Waals surface area contributed by atoms with Crippen molar-refractivity contribution in [1.29, 1.82) is 0 Å². The van der Waals surface area contributed by atoms with Crippen molar-refractivity contribution in [2.75, 3.05) is 26.7 Å². The number of rotatable bonds is 7. The Hall–Kier alpha value is -1.59. The molecule has 0 spiro atoms. The largest absolute Gasteiger partial charge is 0.377 e. The summed E-state index contributed by atoms with van der Waals surface area (Å²) in [7, 11) is 1.84. The van der Waals surface area contributed by atoms with E-state index >= 15 is 0 Å². The first-order valence-electron chi connectivity index (χ1n) is 9.49. The van der Waals surface area contributed by atoms with Gasteiger partial charge in [0.25, 0.3) is 0 Å². The number of ether oxygens (including phenoxy) is 1. The van der Waals surface area contributed by atoms with Gasteiger partial charge in [0.2, 0.25) is 0 Å². The van der Waals surface area contributed by atoms with Gasteiger partial charge in [-0.05, 0) is 44.7 Å². The fraction of sp³-hybridized carbons (Fsp3) is 0.650. The minimum absolute atomic E-state index is 0.500. The van der Waals surface area contributed by atoms with Gasteiger partial charge in [0.15, 0.2) is 5.96 Å². The zero-order valence-corrected chi connectivity index (χ0v) is 16.2. The molecule has 0 amide bonds. The van der Waals surface area contributed by atoms with Gasteiger partial charge in [0.05, 0.1) is 6.61 Å². The second-order valence-electron chi connectivity index (χ2n) is 6.88. The Morgan fingerprint density at radius 1 is 1.24 bits per heavy atom. The van der Waals surface area contributed by atoms with Crippen molar-refractivity contribution in [3.63, 3.8) is 0 Å². The van der Waals surface area contributed by atoms with Crippen molar-refractivity contribution in [3.8, 4) is 0 Å². The summed E-state index contributed by atoms with van der Waals surface area (Å²) in [4.78, 5) is 6.93. The summed E-state index contributed by atoms with van der Waals surface area (Å²) in [5.41, 5.74) is 2.49. The molecule has 0 bridgehead atoms. The summed E-state index contributed by atoms with van der Waals surface area (Å²) in [6.07, 6.45) is 2.33. The highest BCUT2D eigenvalue weighted by molar-refractivity contribution is 5.80. The molecule has 0 aliphatic carbocycles. The quantitative estimate of drug-likeness (QED) is 0.589. The third-order valence-electron chi connectivity index (χ3n) is 4.85. The number of nitrogens with one attached hydrogen (secondary N) is 2. The molecule has 0 unspecified atom stereocenters. The molecule has 0 atom stereocenters. The highest BCUT2D eigenvalue weighted by atomic mass is 16.5. The van der Waals surface area contributed by atoms with Crippen molar-refractivity contribution >= 4 is 5.96 Å². The molecule has 1 aromatic rings. The molecule has 2 N–H and O–H groups in total. The van der Waals surface area contributed by atoms with Crippen molar-refractivity contribution in [2.24, 2.45) is 4.99 Å². The first-order valence-corrected chi connectivity index (χ1v) is 9.49. The van der Waals surface area contributed by atoms with Gasteiger partial charge in [-0.25, -0.2) is 0 Å². The van der Waals surface area contributed by atoms with E-state index in [1.54, 1.807) is 0 Å². The summed E-state index contributed by atoms with van der Waals surface area (Å²) < 4.78 is 5.57. The lowest BCUT2D eigenvalue weighted by Gasteiger charge is -2.35. The number of benzene rings is 1. The van der Waals surface area contributed by atoms with Crippen LogP contribution in [0.5, 0.6) is 0 Å². The van der Waals surface area contributed by atoms with Crippen molar-refractivity contribution < 1.29 is 4.74 Å². The third kappa shape index (κ3) is 6.33. The van der Waals surface area contributed by atoms with Crippen LogP contribution in [0.15, 0.2) is 29.3 Å². The van der Waals surface area contributed by atoms with E-state index in [0.717, 1.165) is 32.2 Å². The smallest absolute Gasteiger partial charge is 0.191 e. The minimum atomic E-state index is 0.500. The van der Waals surface area contributed by atoms with Gasteiger partial charge in [0.1, 0.15) is 0 Å². The number of piperidine rings is 1. The maximum atomic E-state index is 5.57. The van der Waals surface area contributed by atoms with Gasteiger partial charge < -0.3 is 20.3 Å². The average molecular weight is 347 g/mol. The van der Waals surface area contributed by atoms with Gasteiger partial charge in [0, 0.05) is 45.4 Å². The number of hydrogen-bond donors (Lipinski definition) is 2. The van der Waals surface area contributed by atoms with E-state index in [1.165, 1.54) is 24.0 Å². The summed E-state index contributed by atoms with van der Waals surface area (Å²) in [5, 5.41) is 7.03. The maximum Gasteiger partial charge on any atom is 0.191 e. The van der Waals surface area contributed by atoms with Crippen LogP contribution in [0, 0.1) is 0 Å². The highest BCUT2D eigenvalue weighted by Gasteiger charge is 2.21. The molecule has 1 saturated heterocycles. The fourth-order valence-electron chi connectivity index (χ4n) is 3.21. The average Bonchev–Trinajstić information content (AvgIpc) is 2.64. The lowest BCUT2D eigenvalue weighted by atomic mass is 10.0. The van der Waals surface area contributed by atoms with Crippen LogP contribution < -0.4 is 10.6 Å². The summed E-state index contributed by atoms with van der Waals surface area (Å²) in [6.45, 7) is 11.0. The molecule has 1 aliphatic heterocycles. The topological polar surface area (TPSA) is 48.9 Å². The predicted octanol–water partition coefficient (Wildman–Crippen LogP) is 2.76. The monoisotopic (exact) mass is 346 g/mol. The van der Waals surface area contributed by atoms with Gasteiger partial charge in [-0.1, -0.05) is 24.3 Å². The first-order chi connectivity index (χ1) is 12.1. The molecule has 0 radical (unpaired) electrons. The summed E-state index contributed by atoms with van der Waals surface area (Å²) in [5.74, 6) is 0.884. The molecule has 140 valence electrons. The molecular weight excluding hydrogens is 312 g/mol. The van der Waals surface area contributed by atoms with Crippen molar-refractivity contribution in [3.05, 3.63) is 35.4 Å². The van der Waals surface area contributed by atoms with Crippen molar-refractivity contribution in [1.82, 2.24) is 15.5 Å². The van der Waals surface area contributed by atoms with E-state index in [-0.39, 0.29) is 0 Å². The van der Waals surface area contributed by atoms with Crippen LogP contribution in [0.3, 0.4) is 0 Å². The molecule has 1 heterocycles. The Morgan fingerprint density at radius 2 is 1.92 bits per heavy atom. The molecule has 25 heavy (non-hydrogen) atoms. The van der Waals surface area contributed by atoms with Crippen LogP contribution in [0.25, 0.3) is 0 Å². The van der Waals surface area contributed by atoms with Gasteiger partial charge in [-0.15, -0.1) is 0 Å². The van der Waals surface area contributed by atoms with Crippen LogP contribution in [-0.2, 0) is 17.9 Å². The van der Waals surface area contributed by atoms with Gasteiger partial charge in [-0.3, -0.25) is 4.99 Å². The van der Waals surface area contributed by atoms with Crippen LogP contribution in [0.4, 0.5) is 0 Å². The molecule has 0 saturated carbocycles. The standard InChI is InChI=1S/C20H34N4O/c1-5-25-15-18-9-7-6-8-17(18)14-22-20(21-4)23-19-10-12-24(13-11-19)16(2)3/h6-9,16,19H,5,10-15H2,1-4H3,(H2,21,22,23). The second-order valence-corrected chi connectivity index (χ2v) is 6.88. The second kappa shape index (κ2) is 10.4. The van der Waals surface area contributed by atoms with Crippen LogP contribution >= 0.6 is 0 Å². The lowest BCUT2D eigenvalue weighted by molar-refractivity contribution is 0.133. The maximum absolute atomic E-state index is 5.57. The minimum Gasteiger partial charge on any atom is -0.377 e. The predicted molar refractivity (Wildman–Crippen MR) is 105 cm³/mol. The van der Waals surface area contributed by atoms with Gasteiger partial charge >= 0.3 is 0 Å². The fourth-order valence-corrected chi connectivity index (χ4v) is 3.21. The third-order valence-corrected chi connectivity index (χ3v) is 4.85. The van der Waals surface area contributed by atoms with Gasteiger partial charge in [-0.2, -0.15) is 0 Å².